The molecule has 1 heterocycles. The second-order valence-corrected chi connectivity index (χ2v) is 3.24. The van der Waals surface area contributed by atoms with Crippen molar-refractivity contribution in [3.8, 4) is 5.75 Å². The van der Waals surface area contributed by atoms with Crippen LogP contribution in [0.25, 0.3) is 0 Å². The smallest absolute Gasteiger partial charge is 0.493 e. The number of nitrogens with zero attached hydrogens (tertiary/aromatic N) is 2. The van der Waals surface area contributed by atoms with Gasteiger partial charge >= 0.3 is 8.25 Å². The Kier molecular flexibility index (Phi) is 4.16. The van der Waals surface area contributed by atoms with E-state index in [1.807, 2.05) is 0 Å². The maximum atomic E-state index is 10.3. The van der Waals surface area contributed by atoms with Gasteiger partial charge in [-0.2, -0.15) is 0 Å². The van der Waals surface area contributed by atoms with Crippen LogP contribution in [0.1, 0.15) is 5.69 Å². The molecule has 0 aromatic carbocycles. The van der Waals surface area contributed by atoms with E-state index in [-0.39, 0.29) is 11.9 Å². The van der Waals surface area contributed by atoms with E-state index < -0.39 is 8.25 Å². The standard InChI is InChI=1S/C6H6ClN2O4P/c1-12-5-2-8-6(7)9-4(5)3-13-14(10)11/h2H,3H2,1H3/p+1. The molecule has 0 spiro atoms. The molecule has 0 aliphatic carbocycles. The van der Waals surface area contributed by atoms with Gasteiger partial charge in [-0.15, -0.1) is 9.42 Å². The molecule has 6 nitrogen and oxygen atoms in total. The van der Waals surface area contributed by atoms with Crippen molar-refractivity contribution in [3.05, 3.63) is 17.2 Å². The number of halogens is 1. The van der Waals surface area contributed by atoms with Crippen molar-refractivity contribution in [2.75, 3.05) is 7.11 Å². The van der Waals surface area contributed by atoms with Crippen molar-refractivity contribution in [2.24, 2.45) is 0 Å². The van der Waals surface area contributed by atoms with Gasteiger partial charge in [0.1, 0.15) is 5.69 Å². The molecule has 1 rings (SSSR count). The molecule has 8 heteroatoms. The normalized spacial score (nSPS) is 11.2. The topological polar surface area (TPSA) is 81.5 Å². The van der Waals surface area contributed by atoms with Crippen LogP contribution in [0, 0.1) is 0 Å². The van der Waals surface area contributed by atoms with Crippen LogP contribution in [-0.4, -0.2) is 22.0 Å². The Morgan fingerprint density at radius 2 is 2.43 bits per heavy atom. The van der Waals surface area contributed by atoms with Crippen LogP contribution in [0.15, 0.2) is 6.20 Å². The maximum Gasteiger partial charge on any atom is 0.695 e. The minimum Gasteiger partial charge on any atom is -0.493 e. The van der Waals surface area contributed by atoms with Crippen LogP contribution < -0.4 is 4.74 Å². The van der Waals surface area contributed by atoms with Crippen molar-refractivity contribution >= 4 is 19.9 Å². The largest absolute Gasteiger partial charge is 0.695 e. The fourth-order valence-electron chi connectivity index (χ4n) is 0.772. The molecule has 0 radical (unpaired) electrons. The zero-order chi connectivity index (χ0) is 10.6. The third kappa shape index (κ3) is 3.16. The van der Waals surface area contributed by atoms with E-state index in [0.29, 0.717) is 11.4 Å². The highest BCUT2D eigenvalue weighted by atomic mass is 35.5. The Hall–Kier alpha value is -0.810. The monoisotopic (exact) mass is 237 g/mol. The Morgan fingerprint density at radius 1 is 1.71 bits per heavy atom. The molecule has 0 aliphatic rings. The molecule has 0 saturated carbocycles. The first-order valence-corrected chi connectivity index (χ1v) is 4.98. The van der Waals surface area contributed by atoms with Gasteiger partial charge in [0.05, 0.1) is 13.3 Å². The zero-order valence-corrected chi connectivity index (χ0v) is 8.83. The van der Waals surface area contributed by atoms with Crippen molar-refractivity contribution < 1.29 is 18.7 Å². The molecule has 1 aromatic heterocycles. The molecule has 14 heavy (non-hydrogen) atoms. The highest BCUT2D eigenvalue weighted by Crippen LogP contribution is 2.22. The van der Waals surface area contributed by atoms with Gasteiger partial charge in [-0.25, -0.2) is 9.97 Å². The number of rotatable bonds is 4. The maximum absolute atomic E-state index is 10.3. The molecule has 1 unspecified atom stereocenters. The lowest BCUT2D eigenvalue weighted by Crippen LogP contribution is -1.98. The summed E-state index contributed by atoms with van der Waals surface area (Å²) in [5, 5.41) is 0.0255. The molecular formula is C6H7ClN2O4P+. The second kappa shape index (κ2) is 5.17. The van der Waals surface area contributed by atoms with E-state index >= 15 is 0 Å². The Bertz CT molecular complexity index is 349. The molecular weight excluding hydrogens is 231 g/mol. The summed E-state index contributed by atoms with van der Waals surface area (Å²) in [6.07, 6.45) is 1.36. The van der Waals surface area contributed by atoms with Crippen LogP contribution in [0.3, 0.4) is 0 Å². The van der Waals surface area contributed by atoms with Crippen LogP contribution in [0.2, 0.25) is 5.28 Å². The first-order chi connectivity index (χ1) is 6.63. The van der Waals surface area contributed by atoms with E-state index in [0.717, 1.165) is 0 Å². The average Bonchev–Trinajstić information content (AvgIpc) is 2.15. The lowest BCUT2D eigenvalue weighted by atomic mass is 10.4. The number of ether oxygens (including phenoxy) is 1. The summed E-state index contributed by atoms with van der Waals surface area (Å²) >= 11 is 5.52. The fourth-order valence-corrected chi connectivity index (χ4v) is 1.16. The van der Waals surface area contributed by atoms with Gasteiger partial charge < -0.3 is 4.74 Å². The lowest BCUT2D eigenvalue weighted by molar-refractivity contribution is 0.262. The van der Waals surface area contributed by atoms with Crippen LogP contribution in [-0.2, 0) is 15.7 Å². The quantitative estimate of drug-likeness (QED) is 0.628. The molecule has 0 aliphatic heterocycles. The highest BCUT2D eigenvalue weighted by molar-refractivity contribution is 7.32. The third-order valence-electron chi connectivity index (χ3n) is 1.33. The summed E-state index contributed by atoms with van der Waals surface area (Å²) in [4.78, 5) is 15.9. The van der Waals surface area contributed by atoms with Gasteiger partial charge in [0.15, 0.2) is 12.4 Å². The molecule has 0 bridgehead atoms. The van der Waals surface area contributed by atoms with Gasteiger partial charge in [-0.05, 0) is 11.6 Å². The molecule has 0 fully saturated rings. The first kappa shape index (κ1) is 11.3. The first-order valence-electron chi connectivity index (χ1n) is 3.48. The number of aromatic nitrogens is 2. The van der Waals surface area contributed by atoms with E-state index in [2.05, 4.69) is 14.5 Å². The molecule has 1 aromatic rings. The third-order valence-corrected chi connectivity index (χ3v) is 1.86. The van der Waals surface area contributed by atoms with Crippen molar-refractivity contribution in [1.82, 2.24) is 9.97 Å². The Balaban J connectivity index is 2.82. The zero-order valence-electron chi connectivity index (χ0n) is 7.18. The summed E-state index contributed by atoms with van der Waals surface area (Å²) in [6, 6.07) is 0. The Morgan fingerprint density at radius 3 is 3.00 bits per heavy atom. The average molecular weight is 238 g/mol. The SMILES string of the molecule is COc1cnc(Cl)nc1CO[P+](=O)O. The van der Waals surface area contributed by atoms with Gasteiger partial charge in [-0.3, -0.25) is 0 Å². The van der Waals surface area contributed by atoms with E-state index in [4.69, 9.17) is 21.2 Å². The summed E-state index contributed by atoms with van der Waals surface area (Å²) < 4.78 is 19.6. The fraction of sp³-hybridized carbons (Fsp3) is 0.333. The number of hydrogen-bond donors (Lipinski definition) is 1. The second-order valence-electron chi connectivity index (χ2n) is 2.17. The molecule has 0 saturated heterocycles. The summed E-state index contributed by atoms with van der Waals surface area (Å²) in [6.45, 7) is -0.156. The van der Waals surface area contributed by atoms with Gasteiger partial charge in [0, 0.05) is 4.57 Å². The van der Waals surface area contributed by atoms with Gasteiger partial charge in [-0.1, -0.05) is 0 Å². The summed E-state index contributed by atoms with van der Waals surface area (Å²) in [5.74, 6) is 0.353. The Labute approximate surface area is 85.8 Å². The predicted octanol–water partition coefficient (Wildman–Crippen LogP) is 1.30. The predicted molar refractivity (Wildman–Crippen MR) is 48.2 cm³/mol. The van der Waals surface area contributed by atoms with Crippen LogP contribution in [0.5, 0.6) is 5.75 Å². The summed E-state index contributed by atoms with van der Waals surface area (Å²) in [7, 11) is -1.23. The van der Waals surface area contributed by atoms with Gasteiger partial charge in [0.2, 0.25) is 5.28 Å². The van der Waals surface area contributed by atoms with Crippen molar-refractivity contribution in [2.45, 2.75) is 6.61 Å². The lowest BCUT2D eigenvalue weighted by Gasteiger charge is -2.03. The van der Waals surface area contributed by atoms with E-state index in [1.54, 1.807) is 0 Å². The van der Waals surface area contributed by atoms with Crippen LogP contribution in [0.4, 0.5) is 0 Å². The molecule has 0 amide bonds. The minimum absolute atomic E-state index is 0.0255. The van der Waals surface area contributed by atoms with Gasteiger partial charge in [0.25, 0.3) is 0 Å². The molecule has 76 valence electrons. The number of hydrogen-bond acceptors (Lipinski definition) is 5. The minimum atomic E-state index is -2.66. The summed E-state index contributed by atoms with van der Waals surface area (Å²) in [5.41, 5.74) is 0.324. The van der Waals surface area contributed by atoms with Crippen molar-refractivity contribution in [1.29, 1.82) is 0 Å². The number of methoxy groups -OCH3 is 1. The molecule has 1 N–H and O–H groups in total. The van der Waals surface area contributed by atoms with Crippen LogP contribution >= 0.6 is 19.9 Å². The van der Waals surface area contributed by atoms with Crippen molar-refractivity contribution in [3.63, 3.8) is 0 Å². The molecule has 1 atom stereocenters. The van der Waals surface area contributed by atoms with E-state index in [1.165, 1.54) is 13.3 Å². The highest BCUT2D eigenvalue weighted by Gasteiger charge is 2.16. The van der Waals surface area contributed by atoms with E-state index in [9.17, 15) is 4.57 Å².